The van der Waals surface area contributed by atoms with Crippen LogP contribution in [0.2, 0.25) is 0 Å². The molecular weight excluding hydrogens is 383 g/mol. The van der Waals surface area contributed by atoms with E-state index in [2.05, 4.69) is 23.0 Å². The highest BCUT2D eigenvalue weighted by atomic mass is 19.1. The first-order valence-corrected chi connectivity index (χ1v) is 10.0. The Morgan fingerprint density at radius 1 is 1.10 bits per heavy atom. The van der Waals surface area contributed by atoms with Crippen molar-refractivity contribution < 1.29 is 13.9 Å². The van der Waals surface area contributed by atoms with Crippen LogP contribution in [0.15, 0.2) is 60.9 Å². The van der Waals surface area contributed by atoms with Gasteiger partial charge in [-0.1, -0.05) is 12.1 Å². The highest BCUT2D eigenvalue weighted by Crippen LogP contribution is 2.25. The first kappa shape index (κ1) is 20.1. The number of piperazine rings is 1. The molecule has 4 rings (SSSR count). The lowest BCUT2D eigenvalue weighted by molar-refractivity contribution is 0.0581. The summed E-state index contributed by atoms with van der Waals surface area (Å²) in [7, 11) is 1.67. The Morgan fingerprint density at radius 2 is 1.90 bits per heavy atom. The van der Waals surface area contributed by atoms with Gasteiger partial charge in [-0.3, -0.25) is 9.69 Å². The van der Waals surface area contributed by atoms with Crippen LogP contribution in [0.25, 0.3) is 5.69 Å². The standard InChI is InChI=1S/C23H25FN4O2/c1-17(18-5-3-6-20(15-18)30-2)26-11-13-27(14-12-26)23(29)19-7-8-22(21(24)16-19)28-10-4-9-25-28/h3-10,15-17H,11-14H2,1-2H3. The van der Waals surface area contributed by atoms with Crippen LogP contribution in [0.5, 0.6) is 5.75 Å². The number of hydrogen-bond donors (Lipinski definition) is 0. The van der Waals surface area contributed by atoms with Gasteiger partial charge in [0.2, 0.25) is 0 Å². The molecule has 0 radical (unpaired) electrons. The first-order valence-electron chi connectivity index (χ1n) is 10.0. The highest BCUT2D eigenvalue weighted by Gasteiger charge is 2.26. The summed E-state index contributed by atoms with van der Waals surface area (Å²) in [5, 5.41) is 4.04. The molecule has 0 N–H and O–H groups in total. The molecule has 156 valence electrons. The van der Waals surface area contributed by atoms with Crippen LogP contribution in [0, 0.1) is 5.82 Å². The molecule has 3 aromatic rings. The van der Waals surface area contributed by atoms with Crippen molar-refractivity contribution in [2.45, 2.75) is 13.0 Å². The molecule has 0 spiro atoms. The van der Waals surface area contributed by atoms with Crippen LogP contribution >= 0.6 is 0 Å². The maximum atomic E-state index is 14.5. The number of nitrogens with zero attached hydrogens (tertiary/aromatic N) is 4. The van der Waals surface area contributed by atoms with Crippen LogP contribution in [0.1, 0.15) is 28.9 Å². The number of rotatable bonds is 5. The second-order valence-corrected chi connectivity index (χ2v) is 7.40. The Bertz CT molecular complexity index is 1010. The van der Waals surface area contributed by atoms with Crippen LogP contribution in [-0.4, -0.2) is 58.8 Å². The number of halogens is 1. The zero-order valence-corrected chi connectivity index (χ0v) is 17.2. The third-order valence-corrected chi connectivity index (χ3v) is 5.67. The minimum absolute atomic E-state index is 0.144. The van der Waals surface area contributed by atoms with Gasteiger partial charge >= 0.3 is 0 Å². The van der Waals surface area contributed by atoms with E-state index in [1.165, 1.54) is 16.3 Å². The predicted molar refractivity (Wildman–Crippen MR) is 112 cm³/mol. The van der Waals surface area contributed by atoms with E-state index in [9.17, 15) is 9.18 Å². The molecule has 0 saturated carbocycles. The average molecular weight is 408 g/mol. The SMILES string of the molecule is COc1cccc(C(C)N2CCN(C(=O)c3ccc(-n4cccn4)c(F)c3)CC2)c1. The zero-order valence-electron chi connectivity index (χ0n) is 17.2. The maximum Gasteiger partial charge on any atom is 0.254 e. The smallest absolute Gasteiger partial charge is 0.254 e. The Hall–Kier alpha value is -3.19. The van der Waals surface area contributed by atoms with Gasteiger partial charge in [-0.2, -0.15) is 5.10 Å². The topological polar surface area (TPSA) is 50.6 Å². The van der Waals surface area contributed by atoms with Crippen LogP contribution < -0.4 is 4.74 Å². The molecule has 2 heterocycles. The Balaban J connectivity index is 1.40. The molecule has 0 bridgehead atoms. The molecule has 6 nitrogen and oxygen atoms in total. The number of benzene rings is 2. The molecule has 0 aliphatic carbocycles. The lowest BCUT2D eigenvalue weighted by atomic mass is 10.1. The van der Waals surface area contributed by atoms with E-state index in [1.807, 2.05) is 18.2 Å². The number of methoxy groups -OCH3 is 1. The summed E-state index contributed by atoms with van der Waals surface area (Å²) in [6.07, 6.45) is 3.26. The van der Waals surface area contributed by atoms with Crippen molar-refractivity contribution in [2.24, 2.45) is 0 Å². The summed E-state index contributed by atoms with van der Waals surface area (Å²) in [6.45, 7) is 4.90. The van der Waals surface area contributed by atoms with Gasteiger partial charge in [-0.05, 0) is 48.9 Å². The number of amides is 1. The summed E-state index contributed by atoms with van der Waals surface area (Å²) in [4.78, 5) is 17.0. The zero-order chi connectivity index (χ0) is 21.1. The summed E-state index contributed by atoms with van der Waals surface area (Å²) in [6, 6.07) is 14.6. The molecule has 1 aliphatic rings. The van der Waals surface area contributed by atoms with Gasteiger partial charge in [0.1, 0.15) is 17.3 Å². The van der Waals surface area contributed by atoms with Gasteiger partial charge in [0.15, 0.2) is 0 Å². The summed E-state index contributed by atoms with van der Waals surface area (Å²) in [5.41, 5.74) is 1.87. The summed E-state index contributed by atoms with van der Waals surface area (Å²) in [5.74, 6) is 0.234. The van der Waals surface area contributed by atoms with Crippen molar-refractivity contribution in [2.75, 3.05) is 33.3 Å². The third-order valence-electron chi connectivity index (χ3n) is 5.67. The fourth-order valence-corrected chi connectivity index (χ4v) is 3.84. The molecule has 30 heavy (non-hydrogen) atoms. The third kappa shape index (κ3) is 4.07. The van der Waals surface area contributed by atoms with Crippen molar-refractivity contribution >= 4 is 5.91 Å². The van der Waals surface area contributed by atoms with E-state index in [0.717, 1.165) is 18.8 Å². The molecule has 1 saturated heterocycles. The summed E-state index contributed by atoms with van der Waals surface area (Å²) >= 11 is 0. The van der Waals surface area contributed by atoms with Crippen LogP contribution in [0.3, 0.4) is 0 Å². The molecule has 7 heteroatoms. The van der Waals surface area contributed by atoms with Crippen molar-refractivity contribution in [3.63, 3.8) is 0 Å². The molecular formula is C23H25FN4O2. The van der Waals surface area contributed by atoms with E-state index < -0.39 is 5.82 Å². The lowest BCUT2D eigenvalue weighted by Gasteiger charge is -2.38. The Labute approximate surface area is 175 Å². The molecule has 1 aliphatic heterocycles. The predicted octanol–water partition coefficient (Wildman–Crippen LogP) is 3.54. The van der Waals surface area contributed by atoms with E-state index in [1.54, 1.807) is 42.6 Å². The minimum Gasteiger partial charge on any atom is -0.497 e. The largest absolute Gasteiger partial charge is 0.497 e. The quantitative estimate of drug-likeness (QED) is 0.648. The van der Waals surface area contributed by atoms with E-state index in [4.69, 9.17) is 4.74 Å². The molecule has 1 fully saturated rings. The number of ether oxygens (including phenoxy) is 1. The Kier molecular flexibility index (Phi) is 5.81. The normalized spacial score (nSPS) is 15.8. The van der Waals surface area contributed by atoms with Crippen molar-refractivity contribution in [3.05, 3.63) is 77.9 Å². The monoisotopic (exact) mass is 408 g/mol. The fourth-order valence-electron chi connectivity index (χ4n) is 3.84. The van der Waals surface area contributed by atoms with Gasteiger partial charge in [-0.15, -0.1) is 0 Å². The number of aromatic nitrogens is 2. The van der Waals surface area contributed by atoms with E-state index in [0.29, 0.717) is 24.3 Å². The number of hydrogen-bond acceptors (Lipinski definition) is 4. The maximum absolute atomic E-state index is 14.5. The molecule has 2 aromatic carbocycles. The van der Waals surface area contributed by atoms with Crippen molar-refractivity contribution in [1.29, 1.82) is 0 Å². The average Bonchev–Trinajstić information content (AvgIpc) is 3.33. The highest BCUT2D eigenvalue weighted by molar-refractivity contribution is 5.94. The molecule has 1 unspecified atom stereocenters. The van der Waals surface area contributed by atoms with Gasteiger partial charge < -0.3 is 9.64 Å². The number of carbonyl (C=O) groups excluding carboxylic acids is 1. The molecule has 1 amide bonds. The second-order valence-electron chi connectivity index (χ2n) is 7.40. The van der Waals surface area contributed by atoms with Gasteiger partial charge in [0.05, 0.1) is 7.11 Å². The number of carbonyl (C=O) groups is 1. The van der Waals surface area contributed by atoms with Crippen molar-refractivity contribution in [3.8, 4) is 11.4 Å². The van der Waals surface area contributed by atoms with E-state index >= 15 is 0 Å². The van der Waals surface area contributed by atoms with Gasteiger partial charge in [-0.25, -0.2) is 9.07 Å². The molecule has 1 aromatic heterocycles. The van der Waals surface area contributed by atoms with Gasteiger partial charge in [0.25, 0.3) is 5.91 Å². The van der Waals surface area contributed by atoms with Gasteiger partial charge in [0, 0.05) is 50.2 Å². The van der Waals surface area contributed by atoms with Crippen molar-refractivity contribution in [1.82, 2.24) is 19.6 Å². The minimum atomic E-state index is -0.463. The van der Waals surface area contributed by atoms with Crippen LogP contribution in [-0.2, 0) is 0 Å². The van der Waals surface area contributed by atoms with E-state index in [-0.39, 0.29) is 11.9 Å². The Morgan fingerprint density at radius 3 is 2.57 bits per heavy atom. The summed E-state index contributed by atoms with van der Waals surface area (Å²) < 4.78 is 21.3. The second kappa shape index (κ2) is 8.67. The molecule has 1 atom stereocenters. The van der Waals surface area contributed by atoms with Crippen LogP contribution in [0.4, 0.5) is 4.39 Å². The first-order chi connectivity index (χ1) is 14.6. The fraction of sp³-hybridized carbons (Fsp3) is 0.304. The lowest BCUT2D eigenvalue weighted by Crippen LogP contribution is -2.49.